The summed E-state index contributed by atoms with van der Waals surface area (Å²) in [7, 11) is 0. The third-order valence-corrected chi connectivity index (χ3v) is 3.08. The summed E-state index contributed by atoms with van der Waals surface area (Å²) in [5.74, 6) is -1.86. The number of fused-ring (bicyclic) bond motifs is 1. The molecule has 0 atom stereocenters. The normalized spacial score (nSPS) is 10.8. The molecule has 2 rings (SSSR count). The molecule has 0 aliphatic rings. The molecule has 0 spiro atoms. The lowest BCUT2D eigenvalue weighted by Gasteiger charge is -2.04. The molecule has 4 heteroatoms. The van der Waals surface area contributed by atoms with Gasteiger partial charge in [-0.25, -0.2) is 8.78 Å². The standard InChI is InChI=1S/C10H5F2IO/c11-6-3-1-5-2-4-7(14)10(13)8(5)9(6)12/h1-4,14H. The summed E-state index contributed by atoms with van der Waals surface area (Å²) >= 11 is 1.79. The van der Waals surface area contributed by atoms with Crippen LogP contribution < -0.4 is 0 Å². The lowest BCUT2D eigenvalue weighted by molar-refractivity contribution is 0.471. The van der Waals surface area contributed by atoms with Crippen LogP contribution >= 0.6 is 22.6 Å². The van der Waals surface area contributed by atoms with E-state index in [1.165, 1.54) is 12.1 Å². The lowest BCUT2D eigenvalue weighted by atomic mass is 10.1. The number of phenols is 1. The second-order valence-electron chi connectivity index (χ2n) is 2.86. The molecule has 1 nitrogen and oxygen atoms in total. The summed E-state index contributed by atoms with van der Waals surface area (Å²) < 4.78 is 26.6. The summed E-state index contributed by atoms with van der Waals surface area (Å²) in [5, 5.41) is 10.0. The summed E-state index contributed by atoms with van der Waals surface area (Å²) in [4.78, 5) is 0. The molecular formula is C10H5F2IO. The average Bonchev–Trinajstić information content (AvgIpc) is 2.17. The minimum atomic E-state index is -0.914. The zero-order chi connectivity index (χ0) is 10.3. The van der Waals surface area contributed by atoms with Crippen molar-refractivity contribution in [2.45, 2.75) is 0 Å². The van der Waals surface area contributed by atoms with Gasteiger partial charge in [-0.15, -0.1) is 0 Å². The number of phenolic OH excluding ortho intramolecular Hbond substituents is 1. The van der Waals surface area contributed by atoms with E-state index in [-0.39, 0.29) is 11.1 Å². The van der Waals surface area contributed by atoms with Crippen LogP contribution in [-0.4, -0.2) is 5.11 Å². The van der Waals surface area contributed by atoms with Crippen molar-refractivity contribution in [1.29, 1.82) is 0 Å². The highest BCUT2D eigenvalue weighted by molar-refractivity contribution is 14.1. The smallest absolute Gasteiger partial charge is 0.167 e. The predicted molar refractivity (Wildman–Crippen MR) is 58.2 cm³/mol. The number of rotatable bonds is 0. The predicted octanol–water partition coefficient (Wildman–Crippen LogP) is 3.43. The Morgan fingerprint density at radius 1 is 1.07 bits per heavy atom. The Balaban J connectivity index is 2.98. The van der Waals surface area contributed by atoms with Crippen molar-refractivity contribution < 1.29 is 13.9 Å². The second-order valence-corrected chi connectivity index (χ2v) is 3.94. The van der Waals surface area contributed by atoms with Gasteiger partial charge in [0, 0.05) is 5.39 Å². The lowest BCUT2D eigenvalue weighted by Crippen LogP contribution is -1.89. The van der Waals surface area contributed by atoms with Crippen molar-refractivity contribution in [3.05, 3.63) is 39.5 Å². The molecule has 0 saturated carbocycles. The third-order valence-electron chi connectivity index (χ3n) is 1.99. The van der Waals surface area contributed by atoms with Gasteiger partial charge in [-0.3, -0.25) is 0 Å². The summed E-state index contributed by atoms with van der Waals surface area (Å²) in [6, 6.07) is 5.57. The number of aromatic hydroxyl groups is 1. The molecule has 0 radical (unpaired) electrons. The van der Waals surface area contributed by atoms with Crippen molar-refractivity contribution in [2.24, 2.45) is 0 Å². The number of hydrogen-bond donors (Lipinski definition) is 1. The van der Waals surface area contributed by atoms with E-state index < -0.39 is 11.6 Å². The zero-order valence-electron chi connectivity index (χ0n) is 6.89. The van der Waals surface area contributed by atoms with Gasteiger partial charge in [0.15, 0.2) is 11.6 Å². The Kier molecular flexibility index (Phi) is 2.30. The maximum absolute atomic E-state index is 13.3. The van der Waals surface area contributed by atoms with E-state index >= 15 is 0 Å². The molecule has 0 bridgehead atoms. The van der Waals surface area contributed by atoms with E-state index in [1.807, 2.05) is 0 Å². The van der Waals surface area contributed by atoms with Crippen LogP contribution in [0.25, 0.3) is 10.8 Å². The van der Waals surface area contributed by atoms with E-state index in [1.54, 1.807) is 28.7 Å². The molecule has 72 valence electrons. The van der Waals surface area contributed by atoms with Crippen molar-refractivity contribution in [2.75, 3.05) is 0 Å². The Labute approximate surface area is 92.5 Å². The molecular weight excluding hydrogens is 301 g/mol. The quantitative estimate of drug-likeness (QED) is 0.739. The van der Waals surface area contributed by atoms with Crippen LogP contribution in [0.1, 0.15) is 0 Å². The van der Waals surface area contributed by atoms with E-state index in [0.717, 1.165) is 6.07 Å². The topological polar surface area (TPSA) is 20.2 Å². The Bertz CT molecular complexity index is 468. The van der Waals surface area contributed by atoms with Crippen molar-refractivity contribution in [3.63, 3.8) is 0 Å². The van der Waals surface area contributed by atoms with E-state index in [4.69, 9.17) is 0 Å². The monoisotopic (exact) mass is 306 g/mol. The van der Waals surface area contributed by atoms with Gasteiger partial charge < -0.3 is 5.11 Å². The fourth-order valence-corrected chi connectivity index (χ4v) is 2.03. The Morgan fingerprint density at radius 2 is 1.71 bits per heavy atom. The van der Waals surface area contributed by atoms with Crippen LogP contribution in [0.15, 0.2) is 24.3 Å². The Hall–Kier alpha value is -0.910. The second kappa shape index (κ2) is 3.34. The molecule has 0 saturated heterocycles. The van der Waals surface area contributed by atoms with Crippen LogP contribution in [0.2, 0.25) is 0 Å². The van der Waals surface area contributed by atoms with Gasteiger partial charge in [-0.1, -0.05) is 12.1 Å². The summed E-state index contributed by atoms with van der Waals surface area (Å²) in [6.45, 7) is 0. The highest BCUT2D eigenvalue weighted by atomic mass is 127. The molecule has 2 aromatic carbocycles. The zero-order valence-corrected chi connectivity index (χ0v) is 9.05. The van der Waals surface area contributed by atoms with Crippen molar-refractivity contribution >= 4 is 33.4 Å². The van der Waals surface area contributed by atoms with Gasteiger partial charge in [-0.05, 0) is 40.1 Å². The molecule has 0 unspecified atom stereocenters. The average molecular weight is 306 g/mol. The molecule has 2 aromatic rings. The Morgan fingerprint density at radius 3 is 2.43 bits per heavy atom. The molecule has 0 amide bonds. The van der Waals surface area contributed by atoms with Crippen LogP contribution in [0.5, 0.6) is 5.75 Å². The molecule has 1 N–H and O–H groups in total. The highest BCUT2D eigenvalue weighted by Crippen LogP contribution is 2.31. The van der Waals surface area contributed by atoms with E-state index in [9.17, 15) is 13.9 Å². The number of halogens is 3. The van der Waals surface area contributed by atoms with Crippen LogP contribution in [0.4, 0.5) is 8.78 Å². The molecule has 0 heterocycles. The van der Waals surface area contributed by atoms with Gasteiger partial charge >= 0.3 is 0 Å². The van der Waals surface area contributed by atoms with Gasteiger partial charge in [-0.2, -0.15) is 0 Å². The summed E-state index contributed by atoms with van der Waals surface area (Å²) in [6.07, 6.45) is 0. The van der Waals surface area contributed by atoms with Gasteiger partial charge in [0.1, 0.15) is 5.75 Å². The van der Waals surface area contributed by atoms with Crippen LogP contribution in [0.3, 0.4) is 0 Å². The maximum atomic E-state index is 13.3. The summed E-state index contributed by atoms with van der Waals surface area (Å²) in [5.41, 5.74) is 0. The highest BCUT2D eigenvalue weighted by Gasteiger charge is 2.12. The van der Waals surface area contributed by atoms with Gasteiger partial charge in [0.25, 0.3) is 0 Å². The van der Waals surface area contributed by atoms with Gasteiger partial charge in [0.05, 0.1) is 3.57 Å². The first-order valence-corrected chi connectivity index (χ1v) is 4.94. The molecule has 14 heavy (non-hydrogen) atoms. The first-order valence-electron chi connectivity index (χ1n) is 3.86. The van der Waals surface area contributed by atoms with Crippen molar-refractivity contribution in [1.82, 2.24) is 0 Å². The fraction of sp³-hybridized carbons (Fsp3) is 0. The molecule has 0 aromatic heterocycles. The molecule has 0 aliphatic heterocycles. The largest absolute Gasteiger partial charge is 0.507 e. The molecule has 0 fully saturated rings. The number of hydrogen-bond acceptors (Lipinski definition) is 1. The van der Waals surface area contributed by atoms with Crippen LogP contribution in [0, 0.1) is 15.2 Å². The SMILES string of the molecule is Oc1ccc2ccc(F)c(F)c2c1I. The van der Waals surface area contributed by atoms with Gasteiger partial charge in [0.2, 0.25) is 0 Å². The minimum absolute atomic E-state index is 0.0393. The van der Waals surface area contributed by atoms with Crippen LogP contribution in [-0.2, 0) is 0 Å². The minimum Gasteiger partial charge on any atom is -0.507 e. The number of benzene rings is 2. The first-order chi connectivity index (χ1) is 6.61. The fourth-order valence-electron chi connectivity index (χ4n) is 1.30. The third kappa shape index (κ3) is 1.33. The maximum Gasteiger partial charge on any atom is 0.167 e. The van der Waals surface area contributed by atoms with E-state index in [2.05, 4.69) is 0 Å². The van der Waals surface area contributed by atoms with Crippen molar-refractivity contribution in [3.8, 4) is 5.75 Å². The van der Waals surface area contributed by atoms with E-state index in [0.29, 0.717) is 8.96 Å². The first kappa shape index (κ1) is 9.64. The molecule has 0 aliphatic carbocycles.